The number of rotatable bonds is 7. The van der Waals surface area contributed by atoms with Crippen molar-refractivity contribution in [3.05, 3.63) is 53.6 Å². The van der Waals surface area contributed by atoms with E-state index in [4.69, 9.17) is 9.99 Å². The standard InChI is InChI=1S/C19H18N2O7S2/c1-11-6-12(2)19(26-3)10-17(11)20-21-18-9-15(30(23,24)25)7-13-4-5-14(8-16(13)18)29-28-27-22/h4-10,22H,1-3H3,(H,23,24,25). The average Bonchev–Trinajstić information content (AvgIpc) is 2.70. The van der Waals surface area contributed by atoms with E-state index in [0.29, 0.717) is 27.1 Å². The molecule has 0 fully saturated rings. The first-order valence-electron chi connectivity index (χ1n) is 8.50. The van der Waals surface area contributed by atoms with Gasteiger partial charge in [-0.25, -0.2) is 5.26 Å². The Morgan fingerprint density at radius 1 is 0.967 bits per heavy atom. The van der Waals surface area contributed by atoms with Gasteiger partial charge in [-0.1, -0.05) is 17.2 Å². The first kappa shape index (κ1) is 22.2. The third-order valence-electron chi connectivity index (χ3n) is 4.31. The average molecular weight is 450 g/mol. The van der Waals surface area contributed by atoms with Crippen molar-refractivity contribution in [2.75, 3.05) is 7.11 Å². The molecule has 0 aromatic heterocycles. The molecular formula is C19H18N2O7S2. The molecule has 3 aromatic carbocycles. The van der Waals surface area contributed by atoms with Crippen molar-refractivity contribution >= 4 is 44.3 Å². The monoisotopic (exact) mass is 450 g/mol. The fourth-order valence-corrected chi connectivity index (χ4v) is 3.82. The van der Waals surface area contributed by atoms with Gasteiger partial charge in [0.1, 0.15) is 5.75 Å². The van der Waals surface area contributed by atoms with Crippen molar-refractivity contribution in [2.45, 2.75) is 23.6 Å². The normalized spacial score (nSPS) is 12.0. The molecule has 30 heavy (non-hydrogen) atoms. The summed E-state index contributed by atoms with van der Waals surface area (Å²) in [5.41, 5.74) is 2.56. The maximum Gasteiger partial charge on any atom is 0.294 e. The highest BCUT2D eigenvalue weighted by Gasteiger charge is 2.15. The quantitative estimate of drug-likeness (QED) is 0.158. The minimum Gasteiger partial charge on any atom is -0.496 e. The van der Waals surface area contributed by atoms with Crippen molar-refractivity contribution in [3.63, 3.8) is 0 Å². The van der Waals surface area contributed by atoms with Gasteiger partial charge in [0.25, 0.3) is 10.1 Å². The molecule has 11 heteroatoms. The van der Waals surface area contributed by atoms with Crippen LogP contribution in [0.25, 0.3) is 10.8 Å². The minimum absolute atomic E-state index is 0.214. The summed E-state index contributed by atoms with van der Waals surface area (Å²) in [5.74, 6) is 0.644. The van der Waals surface area contributed by atoms with Crippen LogP contribution in [0.3, 0.4) is 0 Å². The summed E-state index contributed by atoms with van der Waals surface area (Å²) in [6.07, 6.45) is 0. The van der Waals surface area contributed by atoms with Crippen molar-refractivity contribution in [1.29, 1.82) is 0 Å². The Hall–Kier alpha value is -2.54. The summed E-state index contributed by atoms with van der Waals surface area (Å²) in [7, 11) is -2.90. The number of azo groups is 1. The molecule has 0 spiro atoms. The van der Waals surface area contributed by atoms with Crippen molar-refractivity contribution in [1.82, 2.24) is 0 Å². The topological polar surface area (TPSA) is 127 Å². The molecule has 2 N–H and O–H groups in total. The molecule has 0 aliphatic rings. The van der Waals surface area contributed by atoms with Crippen LogP contribution < -0.4 is 4.74 Å². The Bertz CT molecular complexity index is 1230. The Morgan fingerprint density at radius 3 is 2.37 bits per heavy atom. The molecule has 0 saturated heterocycles. The van der Waals surface area contributed by atoms with Crippen LogP contribution in [0.15, 0.2) is 62.5 Å². The highest BCUT2D eigenvalue weighted by Crippen LogP contribution is 2.35. The van der Waals surface area contributed by atoms with Gasteiger partial charge in [0.2, 0.25) is 0 Å². The molecule has 0 bridgehead atoms. The molecule has 3 aromatic rings. The van der Waals surface area contributed by atoms with Crippen LogP contribution in [-0.2, 0) is 19.5 Å². The van der Waals surface area contributed by atoms with E-state index >= 15 is 0 Å². The third kappa shape index (κ3) is 4.95. The van der Waals surface area contributed by atoms with Crippen molar-refractivity contribution in [2.24, 2.45) is 10.2 Å². The van der Waals surface area contributed by atoms with Crippen LogP contribution in [0.2, 0.25) is 0 Å². The summed E-state index contributed by atoms with van der Waals surface area (Å²) >= 11 is 0.748. The summed E-state index contributed by atoms with van der Waals surface area (Å²) in [4.78, 5) is 0.248. The van der Waals surface area contributed by atoms with Gasteiger partial charge in [-0.3, -0.25) is 4.55 Å². The summed E-state index contributed by atoms with van der Waals surface area (Å²) in [5, 5.41) is 21.5. The number of nitrogens with zero attached hydrogens (tertiary/aromatic N) is 2. The highest BCUT2D eigenvalue weighted by molar-refractivity contribution is 7.94. The molecule has 0 heterocycles. The number of hydrogen-bond acceptors (Lipinski definition) is 9. The zero-order valence-electron chi connectivity index (χ0n) is 16.2. The predicted molar refractivity (Wildman–Crippen MR) is 111 cm³/mol. The zero-order valence-corrected chi connectivity index (χ0v) is 17.8. The largest absolute Gasteiger partial charge is 0.496 e. The zero-order chi connectivity index (χ0) is 21.9. The second-order valence-electron chi connectivity index (χ2n) is 6.33. The molecule has 158 valence electrons. The predicted octanol–water partition coefficient (Wildman–Crippen LogP) is 5.56. The number of methoxy groups -OCH3 is 1. The molecule has 0 aliphatic carbocycles. The smallest absolute Gasteiger partial charge is 0.294 e. The molecule has 0 amide bonds. The molecule has 0 unspecified atom stereocenters. The van der Waals surface area contributed by atoms with E-state index in [1.165, 1.54) is 12.1 Å². The third-order valence-corrected chi connectivity index (χ3v) is 5.72. The summed E-state index contributed by atoms with van der Waals surface area (Å²) < 4.78 is 42.6. The fourth-order valence-electron chi connectivity index (χ4n) is 2.89. The van der Waals surface area contributed by atoms with Crippen LogP contribution in [0.5, 0.6) is 5.75 Å². The van der Waals surface area contributed by atoms with E-state index < -0.39 is 10.1 Å². The highest BCUT2D eigenvalue weighted by atomic mass is 32.2. The maximum absolute atomic E-state index is 11.7. The van der Waals surface area contributed by atoms with Crippen LogP contribution in [-0.4, -0.2) is 25.3 Å². The molecule has 3 rings (SSSR count). The van der Waals surface area contributed by atoms with Crippen LogP contribution in [0.1, 0.15) is 11.1 Å². The lowest BCUT2D eigenvalue weighted by Crippen LogP contribution is -1.97. The van der Waals surface area contributed by atoms with Crippen molar-refractivity contribution in [3.8, 4) is 5.75 Å². The van der Waals surface area contributed by atoms with E-state index in [0.717, 1.165) is 23.2 Å². The van der Waals surface area contributed by atoms with Crippen LogP contribution >= 0.6 is 12.0 Å². The number of hydrogen-bond donors (Lipinski definition) is 2. The van der Waals surface area contributed by atoms with Gasteiger partial charge in [0.05, 0.1) is 35.4 Å². The SMILES string of the molecule is COc1cc(N=Nc2cc(S(=O)(=O)O)cc3ccc(SOOO)cc23)c(C)cc1C. The molecule has 0 saturated carbocycles. The summed E-state index contributed by atoms with van der Waals surface area (Å²) in [6, 6.07) is 11.1. The Kier molecular flexibility index (Phi) is 6.71. The lowest BCUT2D eigenvalue weighted by molar-refractivity contribution is -0.432. The Morgan fingerprint density at radius 2 is 1.70 bits per heavy atom. The first-order chi connectivity index (χ1) is 14.2. The van der Waals surface area contributed by atoms with E-state index in [1.54, 1.807) is 31.4 Å². The van der Waals surface area contributed by atoms with Gasteiger partial charge in [-0.15, -0.1) is 9.45 Å². The van der Waals surface area contributed by atoms with Gasteiger partial charge in [0.15, 0.2) is 0 Å². The van der Waals surface area contributed by atoms with E-state index in [-0.39, 0.29) is 10.6 Å². The van der Waals surface area contributed by atoms with E-state index in [9.17, 15) is 13.0 Å². The maximum atomic E-state index is 11.7. The Labute approximate surface area is 177 Å². The first-order valence-corrected chi connectivity index (χ1v) is 10.7. The van der Waals surface area contributed by atoms with Crippen LogP contribution in [0, 0.1) is 13.8 Å². The molecule has 0 atom stereocenters. The number of aryl methyl sites for hydroxylation is 2. The second kappa shape index (κ2) is 9.08. The van der Waals surface area contributed by atoms with Gasteiger partial charge in [-0.2, -0.15) is 13.5 Å². The number of benzene rings is 3. The lowest BCUT2D eigenvalue weighted by atomic mass is 10.1. The molecule has 0 aliphatic heterocycles. The van der Waals surface area contributed by atoms with Gasteiger partial charge in [0, 0.05) is 16.3 Å². The fraction of sp³-hybridized carbons (Fsp3) is 0.158. The minimum atomic E-state index is -4.45. The molecule has 0 radical (unpaired) electrons. The van der Waals surface area contributed by atoms with E-state index in [1.807, 2.05) is 19.9 Å². The van der Waals surface area contributed by atoms with Crippen molar-refractivity contribution < 1.29 is 32.3 Å². The molecule has 9 nitrogen and oxygen atoms in total. The summed E-state index contributed by atoms with van der Waals surface area (Å²) in [6.45, 7) is 3.78. The number of ether oxygens (including phenoxy) is 1. The Balaban J connectivity index is 2.15. The van der Waals surface area contributed by atoms with Gasteiger partial charge >= 0.3 is 0 Å². The van der Waals surface area contributed by atoms with E-state index in [2.05, 4.69) is 19.6 Å². The van der Waals surface area contributed by atoms with Gasteiger partial charge in [-0.05, 0) is 54.6 Å². The molecular weight excluding hydrogens is 432 g/mol. The number of fused-ring (bicyclic) bond motifs is 1. The second-order valence-corrected chi connectivity index (χ2v) is 8.53. The van der Waals surface area contributed by atoms with Gasteiger partial charge < -0.3 is 4.74 Å². The van der Waals surface area contributed by atoms with Crippen LogP contribution in [0.4, 0.5) is 11.4 Å². The lowest BCUT2D eigenvalue weighted by Gasteiger charge is -2.09.